The molecule has 1 saturated carbocycles. The zero-order valence-electron chi connectivity index (χ0n) is 17.8. The molecule has 2 atom stereocenters. The normalized spacial score (nSPS) is 17.3. The van der Waals surface area contributed by atoms with Crippen molar-refractivity contribution in [1.82, 2.24) is 4.90 Å². The van der Waals surface area contributed by atoms with Gasteiger partial charge in [0, 0.05) is 17.6 Å². The van der Waals surface area contributed by atoms with Crippen LogP contribution in [0.15, 0.2) is 54.6 Å². The van der Waals surface area contributed by atoms with Crippen molar-refractivity contribution in [3.8, 4) is 6.07 Å². The van der Waals surface area contributed by atoms with Crippen molar-refractivity contribution < 1.29 is 0 Å². The van der Waals surface area contributed by atoms with Crippen LogP contribution in [-0.2, 0) is 11.8 Å². The largest absolute Gasteiger partial charge is 0.301 e. The molecule has 1 fully saturated rings. The first kappa shape index (κ1) is 21.9. The molecule has 2 nitrogen and oxygen atoms in total. The van der Waals surface area contributed by atoms with Crippen molar-refractivity contribution in [2.75, 3.05) is 13.1 Å². The van der Waals surface area contributed by atoms with E-state index in [2.05, 4.69) is 61.2 Å². The average molecular weight is 409 g/mol. The minimum Gasteiger partial charge on any atom is -0.301 e. The predicted octanol–water partition coefficient (Wildman–Crippen LogP) is 6.63. The van der Waals surface area contributed by atoms with Gasteiger partial charge in [0.25, 0.3) is 0 Å². The minimum absolute atomic E-state index is 0.430. The third kappa shape index (κ3) is 5.03. The number of benzene rings is 2. The van der Waals surface area contributed by atoms with E-state index in [0.29, 0.717) is 12.0 Å². The molecule has 2 aromatic carbocycles. The summed E-state index contributed by atoms with van der Waals surface area (Å²) < 4.78 is 0. The van der Waals surface area contributed by atoms with Crippen molar-refractivity contribution in [2.24, 2.45) is 5.92 Å². The van der Waals surface area contributed by atoms with Gasteiger partial charge in [0.2, 0.25) is 0 Å². The summed E-state index contributed by atoms with van der Waals surface area (Å²) >= 11 is 6.57. The van der Waals surface area contributed by atoms with Gasteiger partial charge < -0.3 is 4.90 Å². The van der Waals surface area contributed by atoms with Crippen LogP contribution in [0, 0.1) is 17.2 Å². The van der Waals surface area contributed by atoms with Gasteiger partial charge in [0.1, 0.15) is 0 Å². The molecule has 0 N–H and O–H groups in total. The van der Waals surface area contributed by atoms with Crippen molar-refractivity contribution in [1.29, 1.82) is 5.26 Å². The highest BCUT2D eigenvalue weighted by molar-refractivity contribution is 6.31. The van der Waals surface area contributed by atoms with Crippen LogP contribution in [0.2, 0.25) is 5.02 Å². The summed E-state index contributed by atoms with van der Waals surface area (Å²) in [5.41, 5.74) is 1.97. The lowest BCUT2D eigenvalue weighted by molar-refractivity contribution is 0.162. The molecule has 2 aromatic rings. The Bertz CT molecular complexity index is 809. The van der Waals surface area contributed by atoms with Gasteiger partial charge in [-0.3, -0.25) is 0 Å². The summed E-state index contributed by atoms with van der Waals surface area (Å²) in [6.07, 6.45) is 6.46. The van der Waals surface area contributed by atoms with Gasteiger partial charge in [-0.05, 0) is 68.7 Å². The molecule has 0 bridgehead atoms. The number of nitriles is 1. The molecule has 0 amide bonds. The molecule has 154 valence electrons. The van der Waals surface area contributed by atoms with Crippen LogP contribution in [0.4, 0.5) is 0 Å². The molecule has 3 rings (SSSR count). The SMILES string of the molecule is CCN(CCc1ccccc1)C(C)CCC(C#N)(c1ccccc1Cl)C1CCC1. The third-order valence-corrected chi connectivity index (χ3v) is 7.20. The Morgan fingerprint density at radius 3 is 2.41 bits per heavy atom. The zero-order chi connectivity index (χ0) is 20.7. The van der Waals surface area contributed by atoms with E-state index in [1.165, 1.54) is 12.0 Å². The lowest BCUT2D eigenvalue weighted by atomic mass is 9.60. The fraction of sp³-hybridized carbons (Fsp3) is 0.500. The maximum atomic E-state index is 10.3. The Labute approximate surface area is 181 Å². The molecular formula is C26H33ClN2. The van der Waals surface area contributed by atoms with Crippen molar-refractivity contribution in [3.63, 3.8) is 0 Å². The highest BCUT2D eigenvalue weighted by Crippen LogP contribution is 2.48. The van der Waals surface area contributed by atoms with E-state index in [-0.39, 0.29) is 0 Å². The highest BCUT2D eigenvalue weighted by atomic mass is 35.5. The first-order chi connectivity index (χ1) is 14.1. The summed E-state index contributed by atoms with van der Waals surface area (Å²) in [6, 6.07) is 21.9. The van der Waals surface area contributed by atoms with E-state index in [1.54, 1.807) is 0 Å². The number of likely N-dealkylation sites (N-methyl/N-ethyl adjacent to an activating group) is 1. The predicted molar refractivity (Wildman–Crippen MR) is 122 cm³/mol. The first-order valence-corrected chi connectivity index (χ1v) is 11.4. The van der Waals surface area contributed by atoms with Crippen molar-refractivity contribution in [3.05, 3.63) is 70.7 Å². The van der Waals surface area contributed by atoms with E-state index in [4.69, 9.17) is 11.6 Å². The summed E-state index contributed by atoms with van der Waals surface area (Å²) in [7, 11) is 0. The molecule has 3 heteroatoms. The monoisotopic (exact) mass is 408 g/mol. The second-order valence-corrected chi connectivity index (χ2v) is 8.85. The van der Waals surface area contributed by atoms with Gasteiger partial charge in [0.05, 0.1) is 11.5 Å². The Morgan fingerprint density at radius 2 is 1.83 bits per heavy atom. The number of halogens is 1. The van der Waals surface area contributed by atoms with Gasteiger partial charge in [0.15, 0.2) is 0 Å². The maximum absolute atomic E-state index is 10.3. The summed E-state index contributed by atoms with van der Waals surface area (Å²) in [6.45, 7) is 6.63. The van der Waals surface area contributed by atoms with Crippen LogP contribution in [-0.4, -0.2) is 24.0 Å². The average Bonchev–Trinajstić information content (AvgIpc) is 2.71. The quantitative estimate of drug-likeness (QED) is 0.440. The lowest BCUT2D eigenvalue weighted by Crippen LogP contribution is -2.41. The lowest BCUT2D eigenvalue weighted by Gasteiger charge is -2.42. The number of nitrogens with zero attached hydrogens (tertiary/aromatic N) is 2. The molecule has 0 saturated heterocycles. The van der Waals surface area contributed by atoms with E-state index in [9.17, 15) is 5.26 Å². The Kier molecular flexibility index (Phi) is 7.76. The molecule has 0 heterocycles. The molecule has 1 aliphatic carbocycles. The van der Waals surface area contributed by atoms with Gasteiger partial charge in [-0.15, -0.1) is 0 Å². The molecule has 0 spiro atoms. The molecule has 1 aliphatic rings. The second kappa shape index (κ2) is 10.3. The fourth-order valence-corrected chi connectivity index (χ4v) is 5.02. The molecule has 2 unspecified atom stereocenters. The zero-order valence-corrected chi connectivity index (χ0v) is 18.5. The molecule has 0 aromatic heterocycles. The van der Waals surface area contributed by atoms with E-state index < -0.39 is 5.41 Å². The topological polar surface area (TPSA) is 27.0 Å². The van der Waals surface area contributed by atoms with Crippen LogP contribution in [0.5, 0.6) is 0 Å². The van der Waals surface area contributed by atoms with Gasteiger partial charge in [-0.2, -0.15) is 5.26 Å². The van der Waals surface area contributed by atoms with E-state index in [0.717, 1.165) is 55.8 Å². The minimum atomic E-state index is -0.455. The van der Waals surface area contributed by atoms with Crippen LogP contribution < -0.4 is 0 Å². The molecule has 0 radical (unpaired) electrons. The van der Waals surface area contributed by atoms with Crippen molar-refractivity contribution in [2.45, 2.75) is 63.8 Å². The van der Waals surface area contributed by atoms with Gasteiger partial charge >= 0.3 is 0 Å². The van der Waals surface area contributed by atoms with Crippen molar-refractivity contribution >= 4 is 11.6 Å². The Balaban J connectivity index is 1.69. The standard InChI is InChI=1S/C26H33ClN2/c1-3-29(19-17-22-10-5-4-6-11-22)21(2)16-18-26(20-28,23-12-9-13-23)24-14-7-8-15-25(24)27/h4-8,10-11,14-15,21,23H,3,9,12-13,16-19H2,1-2H3. The number of hydrogen-bond acceptors (Lipinski definition) is 2. The van der Waals surface area contributed by atoms with Crippen LogP contribution in [0.25, 0.3) is 0 Å². The maximum Gasteiger partial charge on any atom is 0.0865 e. The summed E-state index contributed by atoms with van der Waals surface area (Å²) in [5, 5.41) is 11.1. The van der Waals surface area contributed by atoms with Crippen LogP contribution in [0.3, 0.4) is 0 Å². The smallest absolute Gasteiger partial charge is 0.0865 e. The molecule has 29 heavy (non-hydrogen) atoms. The van der Waals surface area contributed by atoms with Crippen LogP contribution in [0.1, 0.15) is 57.1 Å². The summed E-state index contributed by atoms with van der Waals surface area (Å²) in [4.78, 5) is 2.54. The highest BCUT2D eigenvalue weighted by Gasteiger charge is 2.44. The van der Waals surface area contributed by atoms with E-state index >= 15 is 0 Å². The van der Waals surface area contributed by atoms with Crippen LogP contribution >= 0.6 is 11.6 Å². The first-order valence-electron chi connectivity index (χ1n) is 11.0. The van der Waals surface area contributed by atoms with E-state index in [1.807, 2.05) is 18.2 Å². The number of rotatable bonds is 10. The summed E-state index contributed by atoms with van der Waals surface area (Å²) in [5.74, 6) is 0.430. The Morgan fingerprint density at radius 1 is 1.14 bits per heavy atom. The Hall–Kier alpha value is -1.82. The third-order valence-electron chi connectivity index (χ3n) is 6.87. The fourth-order valence-electron chi connectivity index (χ4n) is 4.72. The number of hydrogen-bond donors (Lipinski definition) is 0. The van der Waals surface area contributed by atoms with Gasteiger partial charge in [-0.25, -0.2) is 0 Å². The van der Waals surface area contributed by atoms with Gasteiger partial charge in [-0.1, -0.05) is 73.5 Å². The second-order valence-electron chi connectivity index (χ2n) is 8.44. The molecule has 0 aliphatic heterocycles. The molecular weight excluding hydrogens is 376 g/mol.